The number of benzene rings is 2. The Morgan fingerprint density at radius 2 is 1.67 bits per heavy atom. The lowest BCUT2D eigenvalue weighted by Gasteiger charge is -2.15. The summed E-state index contributed by atoms with van der Waals surface area (Å²) in [5, 5.41) is 0. The van der Waals surface area contributed by atoms with Gasteiger partial charge in [-0.25, -0.2) is 4.79 Å². The highest BCUT2D eigenvalue weighted by atomic mass is 16.5. The largest absolute Gasteiger partial charge is 0.489 e. The fourth-order valence-electron chi connectivity index (χ4n) is 2.60. The molecular formula is C21H26O3. The summed E-state index contributed by atoms with van der Waals surface area (Å²) >= 11 is 0. The highest BCUT2D eigenvalue weighted by molar-refractivity contribution is 5.91. The van der Waals surface area contributed by atoms with E-state index in [4.69, 9.17) is 9.47 Å². The van der Waals surface area contributed by atoms with Gasteiger partial charge in [-0.1, -0.05) is 25.1 Å². The van der Waals surface area contributed by atoms with Gasteiger partial charge in [-0.3, -0.25) is 0 Å². The Labute approximate surface area is 144 Å². The molecule has 0 saturated heterocycles. The van der Waals surface area contributed by atoms with Crippen molar-refractivity contribution in [3.63, 3.8) is 0 Å². The van der Waals surface area contributed by atoms with Gasteiger partial charge >= 0.3 is 5.97 Å². The van der Waals surface area contributed by atoms with Crippen molar-refractivity contribution in [2.75, 3.05) is 6.61 Å². The number of hydrogen-bond acceptors (Lipinski definition) is 3. The molecule has 0 atom stereocenters. The molecule has 0 amide bonds. The van der Waals surface area contributed by atoms with Crippen LogP contribution >= 0.6 is 0 Å². The lowest BCUT2D eigenvalue weighted by atomic mass is 10.0. The molecule has 0 spiro atoms. The molecule has 3 nitrogen and oxygen atoms in total. The van der Waals surface area contributed by atoms with Crippen LogP contribution in [0.4, 0.5) is 0 Å². The SMILES string of the molecule is CCCOC(=O)c1cccc(C)c1COc1cc(C)c(C)cc1C. The zero-order valence-corrected chi connectivity index (χ0v) is 15.2. The summed E-state index contributed by atoms with van der Waals surface area (Å²) in [6, 6.07) is 9.85. The quantitative estimate of drug-likeness (QED) is 0.696. The molecule has 0 aromatic heterocycles. The van der Waals surface area contributed by atoms with Crippen LogP contribution in [0.15, 0.2) is 30.3 Å². The first kappa shape index (κ1) is 18.1. The molecule has 0 N–H and O–H groups in total. The van der Waals surface area contributed by atoms with E-state index in [0.717, 1.165) is 28.9 Å². The molecule has 24 heavy (non-hydrogen) atoms. The normalized spacial score (nSPS) is 10.5. The predicted molar refractivity (Wildman–Crippen MR) is 96.7 cm³/mol. The summed E-state index contributed by atoms with van der Waals surface area (Å²) in [7, 11) is 0. The fourth-order valence-corrected chi connectivity index (χ4v) is 2.60. The van der Waals surface area contributed by atoms with Gasteiger partial charge in [-0.15, -0.1) is 0 Å². The van der Waals surface area contributed by atoms with Gasteiger partial charge in [0.15, 0.2) is 0 Å². The third-order valence-corrected chi connectivity index (χ3v) is 4.23. The van der Waals surface area contributed by atoms with E-state index in [0.29, 0.717) is 18.8 Å². The van der Waals surface area contributed by atoms with E-state index in [2.05, 4.69) is 26.0 Å². The number of aryl methyl sites for hydroxylation is 4. The maximum Gasteiger partial charge on any atom is 0.338 e. The van der Waals surface area contributed by atoms with Crippen LogP contribution in [-0.2, 0) is 11.3 Å². The molecule has 0 fully saturated rings. The zero-order chi connectivity index (χ0) is 17.7. The number of esters is 1. The molecule has 3 heteroatoms. The topological polar surface area (TPSA) is 35.5 Å². The van der Waals surface area contributed by atoms with Crippen LogP contribution in [-0.4, -0.2) is 12.6 Å². The molecule has 0 heterocycles. The van der Waals surface area contributed by atoms with E-state index in [1.165, 1.54) is 11.1 Å². The molecule has 0 unspecified atom stereocenters. The predicted octanol–water partition coefficient (Wildman–Crippen LogP) is 5.07. The Morgan fingerprint density at radius 1 is 0.958 bits per heavy atom. The minimum atomic E-state index is -0.282. The summed E-state index contributed by atoms with van der Waals surface area (Å²) < 4.78 is 11.3. The van der Waals surface area contributed by atoms with Crippen molar-refractivity contribution in [2.24, 2.45) is 0 Å². The van der Waals surface area contributed by atoms with Crippen molar-refractivity contribution in [3.05, 3.63) is 63.7 Å². The molecule has 2 aromatic rings. The number of carbonyl (C=O) groups is 1. The smallest absolute Gasteiger partial charge is 0.338 e. The van der Waals surface area contributed by atoms with Gasteiger partial charge in [0.05, 0.1) is 12.2 Å². The Hall–Kier alpha value is -2.29. The van der Waals surface area contributed by atoms with Crippen molar-refractivity contribution in [2.45, 2.75) is 47.6 Å². The first-order chi connectivity index (χ1) is 11.4. The molecule has 0 aliphatic heterocycles. The van der Waals surface area contributed by atoms with E-state index in [9.17, 15) is 4.79 Å². The second kappa shape index (κ2) is 8.00. The molecule has 0 bridgehead atoms. The highest BCUT2D eigenvalue weighted by Crippen LogP contribution is 2.25. The summed E-state index contributed by atoms with van der Waals surface area (Å²) in [6.07, 6.45) is 0.811. The molecule has 0 radical (unpaired) electrons. The van der Waals surface area contributed by atoms with Crippen LogP contribution in [0, 0.1) is 27.7 Å². The molecule has 128 valence electrons. The average Bonchev–Trinajstić information content (AvgIpc) is 2.55. The molecular weight excluding hydrogens is 300 g/mol. The standard InChI is InChI=1S/C21H26O3/c1-6-10-23-21(22)18-9-7-8-14(2)19(18)13-24-20-12-16(4)15(3)11-17(20)5/h7-9,11-12H,6,10,13H2,1-5H3. The van der Waals surface area contributed by atoms with Gasteiger partial charge in [0.1, 0.15) is 12.4 Å². The van der Waals surface area contributed by atoms with Gasteiger partial charge in [0.2, 0.25) is 0 Å². The first-order valence-electron chi connectivity index (χ1n) is 8.40. The average molecular weight is 326 g/mol. The number of ether oxygens (including phenoxy) is 2. The van der Waals surface area contributed by atoms with Gasteiger partial charge in [-0.2, -0.15) is 0 Å². The molecule has 0 aliphatic rings. The number of hydrogen-bond donors (Lipinski definition) is 0. The minimum absolute atomic E-state index is 0.282. The first-order valence-corrected chi connectivity index (χ1v) is 8.40. The van der Waals surface area contributed by atoms with Crippen LogP contribution in [0.2, 0.25) is 0 Å². The van der Waals surface area contributed by atoms with Gasteiger partial charge in [0.25, 0.3) is 0 Å². The second-order valence-corrected chi connectivity index (χ2v) is 6.23. The van der Waals surface area contributed by atoms with Crippen molar-refractivity contribution in [3.8, 4) is 5.75 Å². The number of rotatable bonds is 6. The lowest BCUT2D eigenvalue weighted by Crippen LogP contribution is -2.12. The van der Waals surface area contributed by atoms with Crippen LogP contribution < -0.4 is 4.74 Å². The molecule has 2 aromatic carbocycles. The minimum Gasteiger partial charge on any atom is -0.489 e. The summed E-state index contributed by atoms with van der Waals surface area (Å²) in [6.45, 7) is 11.0. The monoisotopic (exact) mass is 326 g/mol. The Bertz CT molecular complexity index is 732. The van der Waals surface area contributed by atoms with Crippen LogP contribution in [0.3, 0.4) is 0 Å². The lowest BCUT2D eigenvalue weighted by molar-refractivity contribution is 0.0502. The van der Waals surface area contributed by atoms with E-state index in [-0.39, 0.29) is 5.97 Å². The Morgan fingerprint density at radius 3 is 2.38 bits per heavy atom. The van der Waals surface area contributed by atoms with E-state index in [1.807, 2.05) is 32.9 Å². The Kier molecular flexibility index (Phi) is 6.02. The van der Waals surface area contributed by atoms with Gasteiger partial charge in [0, 0.05) is 5.56 Å². The van der Waals surface area contributed by atoms with Crippen molar-refractivity contribution in [1.82, 2.24) is 0 Å². The second-order valence-electron chi connectivity index (χ2n) is 6.23. The summed E-state index contributed by atoms with van der Waals surface area (Å²) in [4.78, 5) is 12.3. The van der Waals surface area contributed by atoms with Crippen LogP contribution in [0.5, 0.6) is 5.75 Å². The number of carbonyl (C=O) groups excluding carboxylic acids is 1. The third kappa shape index (κ3) is 4.16. The van der Waals surface area contributed by atoms with Crippen LogP contribution in [0.25, 0.3) is 0 Å². The van der Waals surface area contributed by atoms with E-state index in [1.54, 1.807) is 6.07 Å². The van der Waals surface area contributed by atoms with E-state index >= 15 is 0 Å². The van der Waals surface area contributed by atoms with Crippen molar-refractivity contribution in [1.29, 1.82) is 0 Å². The van der Waals surface area contributed by atoms with Gasteiger partial charge < -0.3 is 9.47 Å². The maximum atomic E-state index is 12.3. The third-order valence-electron chi connectivity index (χ3n) is 4.23. The fraction of sp³-hybridized carbons (Fsp3) is 0.381. The Balaban J connectivity index is 2.24. The summed E-state index contributed by atoms with van der Waals surface area (Å²) in [5.41, 5.74) is 6.05. The summed E-state index contributed by atoms with van der Waals surface area (Å²) in [5.74, 6) is 0.574. The van der Waals surface area contributed by atoms with Crippen molar-refractivity contribution >= 4 is 5.97 Å². The van der Waals surface area contributed by atoms with Crippen LogP contribution in [0.1, 0.15) is 51.5 Å². The maximum absolute atomic E-state index is 12.3. The molecule has 0 aliphatic carbocycles. The molecule has 0 saturated carbocycles. The van der Waals surface area contributed by atoms with Gasteiger partial charge in [-0.05, 0) is 68.5 Å². The zero-order valence-electron chi connectivity index (χ0n) is 15.2. The highest BCUT2D eigenvalue weighted by Gasteiger charge is 2.15. The van der Waals surface area contributed by atoms with E-state index < -0.39 is 0 Å². The molecule has 2 rings (SSSR count). The van der Waals surface area contributed by atoms with Crippen molar-refractivity contribution < 1.29 is 14.3 Å².